The summed E-state index contributed by atoms with van der Waals surface area (Å²) < 4.78 is 0. The van der Waals surface area contributed by atoms with Crippen LogP contribution in [0, 0.1) is 0 Å². The Hall–Kier alpha value is -1.71. The van der Waals surface area contributed by atoms with Gasteiger partial charge in [-0.1, -0.05) is 18.2 Å². The summed E-state index contributed by atoms with van der Waals surface area (Å²) in [4.78, 5) is 4.38. The zero-order chi connectivity index (χ0) is 13.1. The van der Waals surface area contributed by atoms with Gasteiger partial charge in [0.15, 0.2) is 0 Å². The highest BCUT2D eigenvalue weighted by molar-refractivity contribution is 7.07. The van der Waals surface area contributed by atoms with Crippen molar-refractivity contribution >= 4 is 22.2 Å². The van der Waals surface area contributed by atoms with E-state index >= 15 is 0 Å². The third-order valence-corrected chi connectivity index (χ3v) is 4.14. The third kappa shape index (κ3) is 2.67. The van der Waals surface area contributed by atoms with Crippen LogP contribution in [0.2, 0.25) is 0 Å². The van der Waals surface area contributed by atoms with Crippen LogP contribution in [-0.2, 0) is 6.42 Å². The summed E-state index contributed by atoms with van der Waals surface area (Å²) in [6.45, 7) is 0. The Morgan fingerprint density at radius 1 is 1.16 bits per heavy atom. The highest BCUT2D eigenvalue weighted by Gasteiger charge is 2.10. The molecule has 1 unspecified atom stereocenters. The molecule has 0 aliphatic carbocycles. The number of nitrogens with two attached hydrogens (primary N) is 1. The fourth-order valence-electron chi connectivity index (χ4n) is 2.36. The minimum atomic E-state index is 0.0628. The first-order chi connectivity index (χ1) is 9.34. The average molecular weight is 268 g/mol. The summed E-state index contributed by atoms with van der Waals surface area (Å²) in [7, 11) is 0. The number of nitrogens with zero attached hydrogens (tertiary/aromatic N) is 1. The Kier molecular flexibility index (Phi) is 3.58. The molecule has 3 aromatic rings. The highest BCUT2D eigenvalue weighted by atomic mass is 32.1. The van der Waals surface area contributed by atoms with Crippen molar-refractivity contribution in [1.82, 2.24) is 4.98 Å². The molecule has 0 aliphatic rings. The first-order valence-electron chi connectivity index (χ1n) is 6.45. The molecular weight excluding hydrogens is 252 g/mol. The van der Waals surface area contributed by atoms with Gasteiger partial charge in [0, 0.05) is 17.6 Å². The van der Waals surface area contributed by atoms with Gasteiger partial charge in [0.2, 0.25) is 0 Å². The van der Waals surface area contributed by atoms with Crippen LogP contribution < -0.4 is 5.73 Å². The van der Waals surface area contributed by atoms with Gasteiger partial charge in [0.25, 0.3) is 0 Å². The maximum absolute atomic E-state index is 6.35. The molecular formula is C16H16N2S. The number of rotatable bonds is 4. The zero-order valence-electron chi connectivity index (χ0n) is 10.6. The van der Waals surface area contributed by atoms with Crippen molar-refractivity contribution in [1.29, 1.82) is 0 Å². The summed E-state index contributed by atoms with van der Waals surface area (Å²) in [5.74, 6) is 0. The standard InChI is InChI=1S/C16H16N2S/c17-15(7-6-12-8-10-19-11-12)13-3-1-5-16-14(13)4-2-9-18-16/h1-5,8-11,15H,6-7,17H2. The largest absolute Gasteiger partial charge is 0.324 e. The van der Waals surface area contributed by atoms with Crippen molar-refractivity contribution in [2.45, 2.75) is 18.9 Å². The van der Waals surface area contributed by atoms with Crippen LogP contribution >= 0.6 is 11.3 Å². The second kappa shape index (κ2) is 5.51. The fourth-order valence-corrected chi connectivity index (χ4v) is 3.07. The SMILES string of the molecule is NC(CCc1ccsc1)c1cccc2ncccc12. The van der Waals surface area contributed by atoms with Gasteiger partial charge < -0.3 is 5.73 Å². The van der Waals surface area contributed by atoms with E-state index in [-0.39, 0.29) is 6.04 Å². The van der Waals surface area contributed by atoms with E-state index in [1.165, 1.54) is 16.5 Å². The normalized spacial score (nSPS) is 12.7. The number of pyridine rings is 1. The first kappa shape index (κ1) is 12.3. The lowest BCUT2D eigenvalue weighted by Gasteiger charge is -2.14. The van der Waals surface area contributed by atoms with E-state index in [1.54, 1.807) is 11.3 Å². The second-order valence-electron chi connectivity index (χ2n) is 4.69. The minimum Gasteiger partial charge on any atom is -0.324 e. The Labute approximate surface area is 116 Å². The van der Waals surface area contributed by atoms with E-state index in [1.807, 2.05) is 24.4 Å². The predicted molar refractivity (Wildman–Crippen MR) is 81.3 cm³/mol. The molecule has 3 heteroatoms. The Bertz CT molecular complexity index is 656. The van der Waals surface area contributed by atoms with E-state index in [9.17, 15) is 0 Å². The number of fused-ring (bicyclic) bond motifs is 1. The number of hydrogen-bond acceptors (Lipinski definition) is 3. The van der Waals surface area contributed by atoms with Gasteiger partial charge in [-0.15, -0.1) is 0 Å². The first-order valence-corrected chi connectivity index (χ1v) is 7.39. The maximum atomic E-state index is 6.35. The summed E-state index contributed by atoms with van der Waals surface area (Å²) in [6.07, 6.45) is 3.81. The molecule has 1 aromatic carbocycles. The molecule has 2 N–H and O–H groups in total. The minimum absolute atomic E-state index is 0.0628. The molecule has 0 aliphatic heterocycles. The Balaban J connectivity index is 1.83. The summed E-state index contributed by atoms with van der Waals surface area (Å²) in [5.41, 5.74) is 9.94. The van der Waals surface area contributed by atoms with Crippen LogP contribution in [0.1, 0.15) is 23.6 Å². The van der Waals surface area contributed by atoms with Crippen molar-refractivity contribution in [2.75, 3.05) is 0 Å². The fraction of sp³-hybridized carbons (Fsp3) is 0.188. The lowest BCUT2D eigenvalue weighted by Crippen LogP contribution is -2.11. The second-order valence-corrected chi connectivity index (χ2v) is 5.47. The monoisotopic (exact) mass is 268 g/mol. The number of hydrogen-bond donors (Lipinski definition) is 1. The number of benzene rings is 1. The molecule has 19 heavy (non-hydrogen) atoms. The quantitative estimate of drug-likeness (QED) is 0.778. The molecule has 2 nitrogen and oxygen atoms in total. The maximum Gasteiger partial charge on any atom is 0.0705 e. The molecule has 2 heterocycles. The molecule has 0 amide bonds. The van der Waals surface area contributed by atoms with Crippen LogP contribution in [0.15, 0.2) is 53.4 Å². The van der Waals surface area contributed by atoms with Gasteiger partial charge in [0.05, 0.1) is 5.52 Å². The highest BCUT2D eigenvalue weighted by Crippen LogP contribution is 2.24. The van der Waals surface area contributed by atoms with E-state index in [2.05, 4.69) is 33.9 Å². The van der Waals surface area contributed by atoms with Crippen LogP contribution in [0.3, 0.4) is 0 Å². The van der Waals surface area contributed by atoms with Crippen LogP contribution in [-0.4, -0.2) is 4.98 Å². The summed E-state index contributed by atoms with van der Waals surface area (Å²) in [5, 5.41) is 5.47. The van der Waals surface area contributed by atoms with E-state index in [4.69, 9.17) is 5.73 Å². The Morgan fingerprint density at radius 2 is 2.11 bits per heavy atom. The average Bonchev–Trinajstić information content (AvgIpc) is 2.97. The molecule has 1 atom stereocenters. The molecule has 0 bridgehead atoms. The van der Waals surface area contributed by atoms with Crippen molar-refractivity contribution < 1.29 is 0 Å². The zero-order valence-corrected chi connectivity index (χ0v) is 11.4. The number of thiophene rings is 1. The molecule has 96 valence electrons. The molecule has 0 radical (unpaired) electrons. The van der Waals surface area contributed by atoms with E-state index in [0.717, 1.165) is 18.4 Å². The van der Waals surface area contributed by atoms with Gasteiger partial charge in [-0.05, 0) is 52.9 Å². The van der Waals surface area contributed by atoms with Gasteiger partial charge in [-0.25, -0.2) is 0 Å². The number of aryl methyl sites for hydroxylation is 1. The topological polar surface area (TPSA) is 38.9 Å². The summed E-state index contributed by atoms with van der Waals surface area (Å²) in [6, 6.07) is 12.5. The third-order valence-electron chi connectivity index (χ3n) is 3.40. The van der Waals surface area contributed by atoms with E-state index in [0.29, 0.717) is 0 Å². The van der Waals surface area contributed by atoms with Crippen LogP contribution in [0.5, 0.6) is 0 Å². The van der Waals surface area contributed by atoms with Crippen LogP contribution in [0.4, 0.5) is 0 Å². The van der Waals surface area contributed by atoms with Gasteiger partial charge in [-0.3, -0.25) is 4.98 Å². The molecule has 3 rings (SSSR count). The smallest absolute Gasteiger partial charge is 0.0705 e. The van der Waals surface area contributed by atoms with Gasteiger partial charge >= 0.3 is 0 Å². The van der Waals surface area contributed by atoms with Crippen molar-refractivity contribution in [2.24, 2.45) is 5.73 Å². The predicted octanol–water partition coefficient (Wildman–Crippen LogP) is 3.93. The summed E-state index contributed by atoms with van der Waals surface area (Å²) >= 11 is 1.74. The number of aromatic nitrogens is 1. The van der Waals surface area contributed by atoms with Crippen LogP contribution in [0.25, 0.3) is 10.9 Å². The van der Waals surface area contributed by atoms with Crippen molar-refractivity contribution in [3.8, 4) is 0 Å². The molecule has 2 aromatic heterocycles. The van der Waals surface area contributed by atoms with Gasteiger partial charge in [-0.2, -0.15) is 11.3 Å². The van der Waals surface area contributed by atoms with Gasteiger partial charge in [0.1, 0.15) is 0 Å². The van der Waals surface area contributed by atoms with Crippen molar-refractivity contribution in [3.05, 3.63) is 64.5 Å². The van der Waals surface area contributed by atoms with Crippen molar-refractivity contribution in [3.63, 3.8) is 0 Å². The molecule has 0 spiro atoms. The molecule has 0 fully saturated rings. The Morgan fingerprint density at radius 3 is 2.95 bits per heavy atom. The lowest BCUT2D eigenvalue weighted by atomic mass is 9.97. The molecule has 0 saturated heterocycles. The molecule has 0 saturated carbocycles. The van der Waals surface area contributed by atoms with E-state index < -0.39 is 0 Å². The lowest BCUT2D eigenvalue weighted by molar-refractivity contribution is 0.656.